The van der Waals surface area contributed by atoms with E-state index in [-0.39, 0.29) is 0 Å². The molecule has 0 spiro atoms. The zero-order valence-corrected chi connectivity index (χ0v) is 10.3. The molecule has 2 aliphatic rings. The Bertz CT molecular complexity index is 433. The number of nitrogens with zero attached hydrogens (tertiary/aromatic N) is 1. The molecule has 0 heterocycles. The van der Waals surface area contributed by atoms with Crippen LogP contribution >= 0.6 is 0 Å². The Morgan fingerprint density at radius 2 is 1.94 bits per heavy atom. The van der Waals surface area contributed by atoms with Crippen LogP contribution in [-0.2, 0) is 9.84 Å². The minimum Gasteiger partial charge on any atom is -0.387 e. The van der Waals surface area contributed by atoms with Gasteiger partial charge in [-0.15, -0.1) is 0 Å². The lowest BCUT2D eigenvalue weighted by atomic mass is 9.59. The van der Waals surface area contributed by atoms with E-state index < -0.39 is 26.1 Å². The van der Waals surface area contributed by atoms with Crippen molar-refractivity contribution in [3.05, 3.63) is 0 Å². The van der Waals surface area contributed by atoms with Gasteiger partial charge in [-0.05, 0) is 32.1 Å². The third kappa shape index (κ3) is 1.40. The molecular formula is C11H17NO3S. The summed E-state index contributed by atoms with van der Waals surface area (Å²) in [4.78, 5) is 0. The van der Waals surface area contributed by atoms with Gasteiger partial charge in [0.25, 0.3) is 0 Å². The van der Waals surface area contributed by atoms with Crippen molar-refractivity contribution in [3.8, 4) is 6.07 Å². The Labute approximate surface area is 96.2 Å². The Morgan fingerprint density at radius 3 is 2.31 bits per heavy atom. The summed E-state index contributed by atoms with van der Waals surface area (Å²) in [6, 6.07) is 2.18. The average molecular weight is 243 g/mol. The minimum atomic E-state index is -3.28. The van der Waals surface area contributed by atoms with Crippen LogP contribution in [0.25, 0.3) is 0 Å². The summed E-state index contributed by atoms with van der Waals surface area (Å²) in [5.41, 5.74) is -2.12. The first-order valence-electron chi connectivity index (χ1n) is 5.68. The van der Waals surface area contributed by atoms with Gasteiger partial charge in [0.2, 0.25) is 0 Å². The molecule has 90 valence electrons. The Morgan fingerprint density at radius 1 is 1.31 bits per heavy atom. The number of nitriles is 1. The van der Waals surface area contributed by atoms with Crippen molar-refractivity contribution in [1.29, 1.82) is 5.26 Å². The van der Waals surface area contributed by atoms with Gasteiger partial charge < -0.3 is 5.11 Å². The largest absolute Gasteiger partial charge is 0.387 e. The van der Waals surface area contributed by atoms with E-state index in [1.807, 2.05) is 0 Å². The van der Waals surface area contributed by atoms with Gasteiger partial charge in [-0.25, -0.2) is 8.42 Å². The second-order valence-corrected chi connectivity index (χ2v) is 7.41. The van der Waals surface area contributed by atoms with Crippen LogP contribution in [-0.4, -0.2) is 30.6 Å². The molecule has 1 N–H and O–H groups in total. The third-order valence-corrected chi connectivity index (χ3v) is 5.98. The molecular weight excluding hydrogens is 226 g/mol. The maximum Gasteiger partial charge on any atom is 0.153 e. The van der Waals surface area contributed by atoms with Crippen molar-refractivity contribution in [2.45, 2.75) is 49.4 Å². The SMILES string of the molecule is CS(=O)(=O)C1CCCC1(O)C1(C#N)CCC1. The Kier molecular flexibility index (Phi) is 2.56. The van der Waals surface area contributed by atoms with E-state index in [0.717, 1.165) is 12.7 Å². The molecule has 0 saturated heterocycles. The van der Waals surface area contributed by atoms with Gasteiger partial charge in [-0.1, -0.05) is 6.42 Å². The highest BCUT2D eigenvalue weighted by Crippen LogP contribution is 2.56. The van der Waals surface area contributed by atoms with Gasteiger partial charge >= 0.3 is 0 Å². The fourth-order valence-electron chi connectivity index (χ4n) is 3.24. The number of hydrogen-bond donors (Lipinski definition) is 1. The van der Waals surface area contributed by atoms with Crippen molar-refractivity contribution in [1.82, 2.24) is 0 Å². The topological polar surface area (TPSA) is 78.2 Å². The minimum absolute atomic E-state index is 0.443. The number of rotatable bonds is 2. The first-order chi connectivity index (χ1) is 7.36. The van der Waals surface area contributed by atoms with Crippen LogP contribution in [0.4, 0.5) is 0 Å². The van der Waals surface area contributed by atoms with Crippen molar-refractivity contribution >= 4 is 9.84 Å². The third-order valence-electron chi connectivity index (χ3n) is 4.32. The molecule has 0 radical (unpaired) electrons. The Hall–Kier alpha value is -0.600. The molecule has 0 amide bonds. The molecule has 2 fully saturated rings. The Balaban J connectivity index is 2.41. The van der Waals surface area contributed by atoms with Gasteiger partial charge in [0.15, 0.2) is 9.84 Å². The standard InChI is InChI=1S/C11H17NO3S/c1-16(14,15)9-4-2-7-11(9,13)10(8-12)5-3-6-10/h9,13H,2-7H2,1H3. The highest BCUT2D eigenvalue weighted by atomic mass is 32.2. The quantitative estimate of drug-likeness (QED) is 0.785. The van der Waals surface area contributed by atoms with Crippen molar-refractivity contribution in [2.75, 3.05) is 6.26 Å². The van der Waals surface area contributed by atoms with Crippen molar-refractivity contribution in [2.24, 2.45) is 5.41 Å². The first kappa shape index (κ1) is 11.9. The lowest BCUT2D eigenvalue weighted by Gasteiger charge is -2.48. The predicted molar refractivity (Wildman–Crippen MR) is 59.3 cm³/mol. The molecule has 2 atom stereocenters. The smallest absolute Gasteiger partial charge is 0.153 e. The normalized spacial score (nSPS) is 37.7. The van der Waals surface area contributed by atoms with Crippen LogP contribution in [0.3, 0.4) is 0 Å². The summed E-state index contributed by atoms with van der Waals surface area (Å²) in [6.45, 7) is 0. The van der Waals surface area contributed by atoms with Crippen LogP contribution in [0, 0.1) is 16.7 Å². The fraction of sp³-hybridized carbons (Fsp3) is 0.909. The van der Waals surface area contributed by atoms with E-state index in [9.17, 15) is 18.8 Å². The summed E-state index contributed by atoms with van der Waals surface area (Å²) >= 11 is 0. The van der Waals surface area contributed by atoms with Crippen LogP contribution in [0.1, 0.15) is 38.5 Å². The van der Waals surface area contributed by atoms with E-state index in [2.05, 4.69) is 6.07 Å². The second kappa shape index (κ2) is 3.44. The van der Waals surface area contributed by atoms with Gasteiger partial charge in [0.1, 0.15) is 0 Å². The molecule has 0 aromatic rings. The number of hydrogen-bond acceptors (Lipinski definition) is 4. The highest BCUT2D eigenvalue weighted by molar-refractivity contribution is 7.91. The predicted octanol–water partition coefficient (Wildman–Crippen LogP) is 1.01. The molecule has 0 aliphatic heterocycles. The van der Waals surface area contributed by atoms with E-state index >= 15 is 0 Å². The molecule has 0 aromatic heterocycles. The zero-order valence-electron chi connectivity index (χ0n) is 9.44. The molecule has 0 bridgehead atoms. The van der Waals surface area contributed by atoms with Gasteiger partial charge in [0.05, 0.1) is 22.3 Å². The van der Waals surface area contributed by atoms with Crippen molar-refractivity contribution < 1.29 is 13.5 Å². The summed E-state index contributed by atoms with van der Waals surface area (Å²) < 4.78 is 23.4. The van der Waals surface area contributed by atoms with Crippen LogP contribution in [0.15, 0.2) is 0 Å². The van der Waals surface area contributed by atoms with Crippen molar-refractivity contribution in [3.63, 3.8) is 0 Å². The zero-order chi connectivity index (χ0) is 12.0. The average Bonchev–Trinajstić information content (AvgIpc) is 2.46. The summed E-state index contributed by atoms with van der Waals surface area (Å²) in [6.07, 6.45) is 4.96. The van der Waals surface area contributed by atoms with E-state index in [1.165, 1.54) is 0 Å². The first-order valence-corrected chi connectivity index (χ1v) is 7.64. The molecule has 16 heavy (non-hydrogen) atoms. The molecule has 2 unspecified atom stereocenters. The summed E-state index contributed by atoms with van der Waals surface area (Å²) in [5.74, 6) is 0. The van der Waals surface area contributed by atoms with Gasteiger partial charge in [-0.3, -0.25) is 0 Å². The van der Waals surface area contributed by atoms with E-state index in [0.29, 0.717) is 32.1 Å². The molecule has 2 aliphatic carbocycles. The van der Waals surface area contributed by atoms with Gasteiger partial charge in [-0.2, -0.15) is 5.26 Å². The van der Waals surface area contributed by atoms with Crippen LogP contribution in [0.5, 0.6) is 0 Å². The monoisotopic (exact) mass is 243 g/mol. The lowest BCUT2D eigenvalue weighted by molar-refractivity contribution is -0.0855. The molecule has 2 saturated carbocycles. The second-order valence-electron chi connectivity index (χ2n) is 5.18. The van der Waals surface area contributed by atoms with Gasteiger partial charge in [0, 0.05) is 6.26 Å². The highest BCUT2D eigenvalue weighted by Gasteiger charge is 2.62. The fourth-order valence-corrected chi connectivity index (χ4v) is 4.89. The molecule has 4 nitrogen and oxygen atoms in total. The number of sulfone groups is 1. The van der Waals surface area contributed by atoms with E-state index in [4.69, 9.17) is 0 Å². The molecule has 0 aromatic carbocycles. The summed E-state index contributed by atoms with van der Waals surface area (Å²) in [7, 11) is -3.28. The maximum atomic E-state index is 11.7. The number of aliphatic hydroxyl groups is 1. The maximum absolute atomic E-state index is 11.7. The summed E-state index contributed by atoms with van der Waals surface area (Å²) in [5, 5.41) is 19.1. The van der Waals surface area contributed by atoms with Crippen LogP contribution in [0.2, 0.25) is 0 Å². The molecule has 2 rings (SSSR count). The molecule has 5 heteroatoms. The lowest BCUT2D eigenvalue weighted by Crippen LogP contribution is -2.58. The van der Waals surface area contributed by atoms with E-state index in [1.54, 1.807) is 0 Å². The van der Waals surface area contributed by atoms with Crippen LogP contribution < -0.4 is 0 Å².